The summed E-state index contributed by atoms with van der Waals surface area (Å²) in [5.74, 6) is -0.432. The summed E-state index contributed by atoms with van der Waals surface area (Å²) in [5, 5.41) is 0.611. The van der Waals surface area contributed by atoms with Crippen LogP contribution in [0.25, 0.3) is 11.1 Å². The zero-order valence-electron chi connectivity index (χ0n) is 14.3. The third-order valence-electron chi connectivity index (χ3n) is 4.93. The molecule has 140 valence electrons. The van der Waals surface area contributed by atoms with Crippen LogP contribution in [0.1, 0.15) is 12.8 Å². The Kier molecular flexibility index (Phi) is 4.53. The van der Waals surface area contributed by atoms with Gasteiger partial charge in [0.1, 0.15) is 0 Å². The summed E-state index contributed by atoms with van der Waals surface area (Å²) < 4.78 is 27.1. The molecule has 4 rings (SSSR count). The lowest BCUT2D eigenvalue weighted by atomic mass is 10.1. The van der Waals surface area contributed by atoms with Crippen molar-refractivity contribution in [1.29, 1.82) is 0 Å². The molecule has 0 spiro atoms. The van der Waals surface area contributed by atoms with Gasteiger partial charge in [0.2, 0.25) is 21.8 Å². The monoisotopic (exact) mass is 404 g/mol. The Balaban J connectivity index is 1.53. The van der Waals surface area contributed by atoms with Crippen molar-refractivity contribution in [3.63, 3.8) is 0 Å². The van der Waals surface area contributed by atoms with Crippen LogP contribution in [0.4, 0.5) is 0 Å². The van der Waals surface area contributed by atoms with Gasteiger partial charge in [0, 0.05) is 31.0 Å². The second-order valence-electron chi connectivity index (χ2n) is 6.67. The van der Waals surface area contributed by atoms with Crippen molar-refractivity contribution in [3.05, 3.63) is 53.6 Å². The number of hydrogen-bond donors (Lipinski definition) is 0. The molecule has 2 fully saturated rings. The van der Waals surface area contributed by atoms with Crippen molar-refractivity contribution in [1.82, 2.24) is 9.21 Å². The van der Waals surface area contributed by atoms with Crippen LogP contribution in [-0.4, -0.2) is 48.6 Å². The van der Waals surface area contributed by atoms with E-state index in [2.05, 4.69) is 0 Å². The first-order valence-electron chi connectivity index (χ1n) is 8.57. The molecule has 2 aromatic rings. The van der Waals surface area contributed by atoms with E-state index in [0.717, 1.165) is 11.1 Å². The van der Waals surface area contributed by atoms with E-state index in [4.69, 9.17) is 11.6 Å². The zero-order chi connectivity index (χ0) is 19.2. The molecule has 2 aliphatic heterocycles. The summed E-state index contributed by atoms with van der Waals surface area (Å²) in [6.07, 6.45) is 0.427. The summed E-state index contributed by atoms with van der Waals surface area (Å²) in [4.78, 5) is 25.0. The second kappa shape index (κ2) is 6.74. The van der Waals surface area contributed by atoms with Crippen LogP contribution >= 0.6 is 11.6 Å². The van der Waals surface area contributed by atoms with Crippen molar-refractivity contribution >= 4 is 33.4 Å². The Hall–Kier alpha value is -2.22. The van der Waals surface area contributed by atoms with Gasteiger partial charge in [-0.15, -0.1) is 0 Å². The number of halogens is 1. The minimum Gasteiger partial charge on any atom is -0.277 e. The highest BCUT2D eigenvalue weighted by Gasteiger charge is 2.45. The molecule has 2 aromatic carbocycles. The molecule has 6 nitrogen and oxygen atoms in total. The van der Waals surface area contributed by atoms with Gasteiger partial charge in [0.15, 0.2) is 0 Å². The summed E-state index contributed by atoms with van der Waals surface area (Å²) >= 11 is 5.90. The van der Waals surface area contributed by atoms with Gasteiger partial charge in [-0.1, -0.05) is 35.9 Å². The molecule has 0 radical (unpaired) electrons. The van der Waals surface area contributed by atoms with Crippen LogP contribution in [0, 0.1) is 0 Å². The molecule has 0 N–H and O–H groups in total. The van der Waals surface area contributed by atoms with Gasteiger partial charge >= 0.3 is 0 Å². The Morgan fingerprint density at radius 3 is 2.15 bits per heavy atom. The molecule has 0 atom stereocenters. The lowest BCUT2D eigenvalue weighted by molar-refractivity contribution is -0.143. The predicted octanol–water partition coefficient (Wildman–Crippen LogP) is 2.53. The van der Waals surface area contributed by atoms with E-state index in [1.54, 1.807) is 30.3 Å². The first kappa shape index (κ1) is 18.2. The number of rotatable bonds is 4. The third-order valence-corrected chi connectivity index (χ3v) is 7.01. The molecular weight excluding hydrogens is 388 g/mol. The number of benzene rings is 2. The lowest BCUT2D eigenvalue weighted by Crippen LogP contribution is -2.62. The standard InChI is InChI=1S/C19H17ClN2O4S/c20-15-6-4-13(5-7-15)14-2-1-3-17(10-14)27(25,26)21-11-16(12-21)22-18(23)8-9-19(22)24/h1-7,10,16H,8-9,11-12H2. The maximum absolute atomic E-state index is 12.9. The zero-order valence-corrected chi connectivity index (χ0v) is 15.9. The third kappa shape index (κ3) is 3.26. The Bertz CT molecular complexity index is 998. The van der Waals surface area contributed by atoms with Crippen molar-refractivity contribution in [3.8, 4) is 11.1 Å². The Labute approximate surface area is 162 Å². The maximum atomic E-state index is 12.9. The van der Waals surface area contributed by atoms with E-state index in [0.29, 0.717) is 5.02 Å². The quantitative estimate of drug-likeness (QED) is 0.734. The molecule has 2 amide bonds. The first-order chi connectivity index (χ1) is 12.9. The van der Waals surface area contributed by atoms with Gasteiger partial charge in [-0.05, 0) is 35.4 Å². The highest BCUT2D eigenvalue weighted by molar-refractivity contribution is 7.89. The van der Waals surface area contributed by atoms with Crippen LogP contribution in [0.15, 0.2) is 53.4 Å². The molecule has 2 heterocycles. The van der Waals surface area contributed by atoms with Gasteiger partial charge in [-0.25, -0.2) is 8.42 Å². The average molecular weight is 405 g/mol. The molecule has 27 heavy (non-hydrogen) atoms. The van der Waals surface area contributed by atoms with Gasteiger partial charge in [0.05, 0.1) is 10.9 Å². The van der Waals surface area contributed by atoms with Crippen molar-refractivity contribution in [2.45, 2.75) is 23.8 Å². The van der Waals surface area contributed by atoms with Gasteiger partial charge in [-0.2, -0.15) is 4.31 Å². The molecule has 0 saturated carbocycles. The van der Waals surface area contributed by atoms with E-state index < -0.39 is 10.0 Å². The van der Waals surface area contributed by atoms with Gasteiger partial charge in [0.25, 0.3) is 0 Å². The molecule has 0 aromatic heterocycles. The number of likely N-dealkylation sites (tertiary alicyclic amines) is 1. The fourth-order valence-electron chi connectivity index (χ4n) is 3.40. The minimum absolute atomic E-state index is 0.144. The van der Waals surface area contributed by atoms with E-state index in [1.807, 2.05) is 18.2 Å². The Morgan fingerprint density at radius 2 is 1.52 bits per heavy atom. The predicted molar refractivity (Wildman–Crippen MR) is 101 cm³/mol. The molecule has 2 aliphatic rings. The van der Waals surface area contributed by atoms with Crippen LogP contribution in [-0.2, 0) is 19.6 Å². The van der Waals surface area contributed by atoms with Gasteiger partial charge < -0.3 is 0 Å². The molecule has 2 saturated heterocycles. The molecule has 0 bridgehead atoms. The number of nitrogens with zero attached hydrogens (tertiary/aromatic N) is 2. The number of hydrogen-bond acceptors (Lipinski definition) is 4. The fourth-order valence-corrected chi connectivity index (χ4v) is 5.09. The normalized spacial score (nSPS) is 18.8. The average Bonchev–Trinajstić information content (AvgIpc) is 2.94. The van der Waals surface area contributed by atoms with E-state index in [-0.39, 0.29) is 48.7 Å². The number of carbonyl (C=O) groups excluding carboxylic acids is 2. The van der Waals surface area contributed by atoms with Crippen molar-refractivity contribution in [2.24, 2.45) is 0 Å². The van der Waals surface area contributed by atoms with Crippen molar-refractivity contribution in [2.75, 3.05) is 13.1 Å². The van der Waals surface area contributed by atoms with E-state index >= 15 is 0 Å². The number of carbonyl (C=O) groups is 2. The highest BCUT2D eigenvalue weighted by atomic mass is 35.5. The van der Waals surface area contributed by atoms with E-state index in [9.17, 15) is 18.0 Å². The number of sulfonamides is 1. The molecular formula is C19H17ClN2O4S. The first-order valence-corrected chi connectivity index (χ1v) is 10.4. The number of imide groups is 1. The summed E-state index contributed by atoms with van der Waals surface area (Å²) in [7, 11) is -3.68. The lowest BCUT2D eigenvalue weighted by Gasteiger charge is -2.41. The van der Waals surface area contributed by atoms with Crippen LogP contribution in [0.3, 0.4) is 0 Å². The summed E-state index contributed by atoms with van der Waals surface area (Å²) in [6.45, 7) is 0.288. The van der Waals surface area contributed by atoms with Gasteiger partial charge in [-0.3, -0.25) is 14.5 Å². The van der Waals surface area contributed by atoms with E-state index in [1.165, 1.54) is 9.21 Å². The SMILES string of the molecule is O=C1CCC(=O)N1C1CN(S(=O)(=O)c2cccc(-c3ccc(Cl)cc3)c2)C1. The smallest absolute Gasteiger partial charge is 0.243 e. The molecule has 0 unspecified atom stereocenters. The van der Waals surface area contributed by atoms with Crippen LogP contribution in [0.5, 0.6) is 0 Å². The van der Waals surface area contributed by atoms with Crippen LogP contribution < -0.4 is 0 Å². The molecule has 0 aliphatic carbocycles. The largest absolute Gasteiger partial charge is 0.277 e. The van der Waals surface area contributed by atoms with Crippen molar-refractivity contribution < 1.29 is 18.0 Å². The number of amides is 2. The Morgan fingerprint density at radius 1 is 0.889 bits per heavy atom. The highest BCUT2D eigenvalue weighted by Crippen LogP contribution is 2.30. The van der Waals surface area contributed by atoms with Crippen LogP contribution in [0.2, 0.25) is 5.02 Å². The maximum Gasteiger partial charge on any atom is 0.243 e. The molecule has 8 heteroatoms. The minimum atomic E-state index is -3.68. The topological polar surface area (TPSA) is 74.8 Å². The second-order valence-corrected chi connectivity index (χ2v) is 9.04. The fraction of sp³-hybridized carbons (Fsp3) is 0.263. The summed E-state index contributed by atoms with van der Waals surface area (Å²) in [6, 6.07) is 13.5. The summed E-state index contributed by atoms with van der Waals surface area (Å²) in [5.41, 5.74) is 1.64.